The second-order valence-corrected chi connectivity index (χ2v) is 4.65. The molecule has 0 bridgehead atoms. The van der Waals surface area contributed by atoms with E-state index in [2.05, 4.69) is 15.4 Å². The third-order valence-electron chi connectivity index (χ3n) is 3.18. The van der Waals surface area contributed by atoms with Crippen molar-refractivity contribution < 1.29 is 8.78 Å². The van der Waals surface area contributed by atoms with Crippen LogP contribution < -0.4 is 5.32 Å². The lowest BCUT2D eigenvalue weighted by molar-refractivity contribution is 0.453. The Hall–Kier alpha value is -1.82. The van der Waals surface area contributed by atoms with Crippen LogP contribution >= 0.6 is 0 Å². The van der Waals surface area contributed by atoms with E-state index in [-0.39, 0.29) is 5.56 Å². The van der Waals surface area contributed by atoms with Gasteiger partial charge < -0.3 is 5.32 Å². The minimum atomic E-state index is -0.541. The van der Waals surface area contributed by atoms with Crippen molar-refractivity contribution in [1.82, 2.24) is 20.1 Å². The average molecular weight is 280 g/mol. The molecule has 2 aromatic rings. The van der Waals surface area contributed by atoms with Crippen LogP contribution in [0.15, 0.2) is 24.5 Å². The highest BCUT2D eigenvalue weighted by molar-refractivity contribution is 5.24. The Morgan fingerprint density at radius 2 is 2.00 bits per heavy atom. The van der Waals surface area contributed by atoms with Crippen molar-refractivity contribution in [3.63, 3.8) is 0 Å². The van der Waals surface area contributed by atoms with Gasteiger partial charge in [0.25, 0.3) is 0 Å². The normalized spacial score (nSPS) is 12.6. The first-order valence-corrected chi connectivity index (χ1v) is 6.63. The van der Waals surface area contributed by atoms with Gasteiger partial charge in [0, 0.05) is 25.1 Å². The minimum Gasteiger partial charge on any atom is -0.309 e. The molecule has 0 saturated heterocycles. The van der Waals surface area contributed by atoms with Crippen molar-refractivity contribution in [2.75, 3.05) is 6.54 Å². The van der Waals surface area contributed by atoms with E-state index in [1.54, 1.807) is 11.7 Å². The Balaban J connectivity index is 2.30. The van der Waals surface area contributed by atoms with Crippen molar-refractivity contribution in [1.29, 1.82) is 0 Å². The molecule has 4 nitrogen and oxygen atoms in total. The molecule has 1 aromatic heterocycles. The monoisotopic (exact) mass is 280 g/mol. The highest BCUT2D eigenvalue weighted by atomic mass is 19.1. The van der Waals surface area contributed by atoms with Crippen LogP contribution in [0.2, 0.25) is 0 Å². The SMILES string of the molecule is CCCNC(Cc1ncnn1C)c1c(F)cccc1F. The summed E-state index contributed by atoms with van der Waals surface area (Å²) in [5.41, 5.74) is 0.0592. The smallest absolute Gasteiger partial charge is 0.138 e. The number of hydrogen-bond acceptors (Lipinski definition) is 3. The first kappa shape index (κ1) is 14.6. The first-order valence-electron chi connectivity index (χ1n) is 6.63. The predicted octanol–water partition coefficient (Wildman–Crippen LogP) is 2.38. The Kier molecular flexibility index (Phi) is 4.79. The molecule has 20 heavy (non-hydrogen) atoms. The molecule has 1 N–H and O–H groups in total. The van der Waals surface area contributed by atoms with Crippen LogP contribution in [0, 0.1) is 11.6 Å². The zero-order valence-electron chi connectivity index (χ0n) is 11.6. The quantitative estimate of drug-likeness (QED) is 0.883. The molecule has 0 aliphatic carbocycles. The Labute approximate surface area is 116 Å². The van der Waals surface area contributed by atoms with E-state index in [1.807, 2.05) is 6.92 Å². The molecule has 0 aliphatic rings. The first-order chi connectivity index (χ1) is 9.63. The summed E-state index contributed by atoms with van der Waals surface area (Å²) in [7, 11) is 1.76. The summed E-state index contributed by atoms with van der Waals surface area (Å²) in [6.07, 6.45) is 2.70. The highest BCUT2D eigenvalue weighted by Crippen LogP contribution is 2.23. The lowest BCUT2D eigenvalue weighted by atomic mass is 10.0. The van der Waals surface area contributed by atoms with E-state index in [1.165, 1.54) is 24.5 Å². The van der Waals surface area contributed by atoms with Gasteiger partial charge in [0.05, 0.1) is 0 Å². The fourth-order valence-corrected chi connectivity index (χ4v) is 2.13. The number of halogens is 2. The Bertz CT molecular complexity index is 548. The summed E-state index contributed by atoms with van der Waals surface area (Å²) in [5, 5.41) is 7.15. The maximum absolute atomic E-state index is 13.9. The van der Waals surface area contributed by atoms with E-state index in [0.29, 0.717) is 18.8 Å². The molecule has 1 aromatic carbocycles. The number of aryl methyl sites for hydroxylation is 1. The number of hydrogen-bond donors (Lipinski definition) is 1. The van der Waals surface area contributed by atoms with Crippen molar-refractivity contribution in [2.45, 2.75) is 25.8 Å². The van der Waals surface area contributed by atoms with E-state index in [0.717, 1.165) is 6.42 Å². The Morgan fingerprint density at radius 1 is 1.30 bits per heavy atom. The standard InChI is InChI=1S/C14H18F2N4/c1-3-7-17-12(8-13-18-9-19-20(13)2)14-10(15)5-4-6-11(14)16/h4-6,9,12,17H,3,7-8H2,1-2H3. The maximum Gasteiger partial charge on any atom is 0.138 e. The van der Waals surface area contributed by atoms with Gasteiger partial charge in [-0.1, -0.05) is 13.0 Å². The fraction of sp³-hybridized carbons (Fsp3) is 0.429. The van der Waals surface area contributed by atoms with Crippen LogP contribution in [0.3, 0.4) is 0 Å². The van der Waals surface area contributed by atoms with Crippen molar-refractivity contribution in [3.05, 3.63) is 47.5 Å². The van der Waals surface area contributed by atoms with Gasteiger partial charge in [0.1, 0.15) is 23.8 Å². The highest BCUT2D eigenvalue weighted by Gasteiger charge is 2.21. The number of rotatable bonds is 6. The van der Waals surface area contributed by atoms with E-state index in [4.69, 9.17) is 0 Å². The van der Waals surface area contributed by atoms with Crippen LogP contribution in [-0.4, -0.2) is 21.3 Å². The average Bonchev–Trinajstić information content (AvgIpc) is 2.81. The number of aromatic nitrogens is 3. The second kappa shape index (κ2) is 6.56. The summed E-state index contributed by atoms with van der Waals surface area (Å²) >= 11 is 0. The second-order valence-electron chi connectivity index (χ2n) is 4.65. The summed E-state index contributed by atoms with van der Waals surface area (Å²) in [4.78, 5) is 4.12. The molecule has 1 heterocycles. The fourth-order valence-electron chi connectivity index (χ4n) is 2.13. The van der Waals surface area contributed by atoms with E-state index < -0.39 is 17.7 Å². The van der Waals surface area contributed by atoms with Gasteiger partial charge in [-0.3, -0.25) is 4.68 Å². The van der Waals surface area contributed by atoms with Gasteiger partial charge >= 0.3 is 0 Å². The van der Waals surface area contributed by atoms with Gasteiger partial charge in [0.15, 0.2) is 0 Å². The van der Waals surface area contributed by atoms with Crippen LogP contribution in [0.5, 0.6) is 0 Å². The summed E-state index contributed by atoms with van der Waals surface area (Å²) in [5.74, 6) is -0.400. The lowest BCUT2D eigenvalue weighted by Crippen LogP contribution is -2.27. The summed E-state index contributed by atoms with van der Waals surface area (Å²) in [6.45, 7) is 2.68. The molecule has 0 saturated carbocycles. The zero-order valence-corrected chi connectivity index (χ0v) is 11.6. The molecule has 0 radical (unpaired) electrons. The summed E-state index contributed by atoms with van der Waals surface area (Å²) < 4.78 is 29.5. The predicted molar refractivity (Wildman–Crippen MR) is 72.1 cm³/mol. The summed E-state index contributed by atoms with van der Waals surface area (Å²) in [6, 6.07) is 3.46. The third kappa shape index (κ3) is 3.19. The van der Waals surface area contributed by atoms with Gasteiger partial charge in [-0.15, -0.1) is 0 Å². The molecular weight excluding hydrogens is 262 g/mol. The number of benzene rings is 1. The third-order valence-corrected chi connectivity index (χ3v) is 3.18. The molecule has 108 valence electrons. The topological polar surface area (TPSA) is 42.7 Å². The van der Waals surface area contributed by atoms with E-state index >= 15 is 0 Å². The van der Waals surface area contributed by atoms with Crippen molar-refractivity contribution >= 4 is 0 Å². The molecular formula is C14H18F2N4. The van der Waals surface area contributed by atoms with Crippen molar-refractivity contribution in [3.8, 4) is 0 Å². The molecule has 0 amide bonds. The molecule has 6 heteroatoms. The van der Waals surface area contributed by atoms with Gasteiger partial charge in [-0.05, 0) is 25.1 Å². The van der Waals surface area contributed by atoms with Crippen LogP contribution in [0.4, 0.5) is 8.78 Å². The largest absolute Gasteiger partial charge is 0.309 e. The van der Waals surface area contributed by atoms with Gasteiger partial charge in [-0.25, -0.2) is 13.8 Å². The van der Waals surface area contributed by atoms with E-state index in [9.17, 15) is 8.78 Å². The van der Waals surface area contributed by atoms with Gasteiger partial charge in [0.2, 0.25) is 0 Å². The van der Waals surface area contributed by atoms with Gasteiger partial charge in [-0.2, -0.15) is 5.10 Å². The molecule has 1 unspecified atom stereocenters. The number of nitrogens with one attached hydrogen (secondary N) is 1. The number of nitrogens with zero attached hydrogens (tertiary/aromatic N) is 3. The minimum absolute atomic E-state index is 0.0592. The van der Waals surface area contributed by atoms with Crippen LogP contribution in [0.25, 0.3) is 0 Å². The molecule has 2 rings (SSSR count). The lowest BCUT2D eigenvalue weighted by Gasteiger charge is -2.19. The van der Waals surface area contributed by atoms with Crippen LogP contribution in [0.1, 0.15) is 30.8 Å². The van der Waals surface area contributed by atoms with Crippen LogP contribution in [-0.2, 0) is 13.5 Å². The molecule has 0 aliphatic heterocycles. The van der Waals surface area contributed by atoms with Crippen molar-refractivity contribution in [2.24, 2.45) is 7.05 Å². The Morgan fingerprint density at radius 3 is 2.55 bits per heavy atom. The zero-order chi connectivity index (χ0) is 14.5. The molecule has 0 fully saturated rings. The molecule has 1 atom stereocenters. The maximum atomic E-state index is 13.9. The molecule has 0 spiro atoms.